The fourth-order valence-electron chi connectivity index (χ4n) is 8.46. The molecule has 20 heteroatoms. The minimum Gasteiger partial charge on any atom is -0.504 e. The molecule has 390 valence electrons. The maximum absolute atomic E-state index is 12.8. The summed E-state index contributed by atoms with van der Waals surface area (Å²) < 4.78 is 96.8. The Morgan fingerprint density at radius 3 is 1.45 bits per heavy atom. The summed E-state index contributed by atoms with van der Waals surface area (Å²) in [7, 11) is 1.51. The molecule has 2 aliphatic rings. The van der Waals surface area contributed by atoms with Gasteiger partial charge in [-0.3, -0.25) is 9.59 Å². The van der Waals surface area contributed by atoms with Crippen molar-refractivity contribution in [2.75, 3.05) is 30.8 Å². The number of alkyl halides is 6. The minimum absolute atomic E-state index is 0.0516. The zero-order valence-electron chi connectivity index (χ0n) is 41.1. The molecule has 0 saturated heterocycles. The normalized spacial score (nSPS) is 13.6. The summed E-state index contributed by atoms with van der Waals surface area (Å²) in [5, 5.41) is 24.8. The van der Waals surface area contributed by atoms with Crippen LogP contribution in [0.3, 0.4) is 0 Å². The standard InChI is InChI=1S/C28H27F3N4O3.C27H25F3N4O3/c1-17-13-19(9-10-20(17)23(36)14-18-7-8-18)22-16-33-27-21(32-12-11-28(29,30)31)15-26(34-35(22)27)38-25-6-4-3-5-24(25)37-2;1-16-12-18(8-9-19(16)23(36)13-17-6-7-17)21-15-32-26-20(31-11-10-27(28,29)30)14-25(33-34(21)26)37-24-5-3-2-4-22(24)35/h3-6,9-10,13,15-16,18,32H,7-8,11-12,14H2,1-2H3;2-5,8-9,12,14-15,17,31,35H,6-7,10-11,13H2,1H3. The lowest BCUT2D eigenvalue weighted by atomic mass is 9.98. The third-order valence-corrected chi connectivity index (χ3v) is 12.7. The number of aromatic hydroxyl groups is 1. The Bertz CT molecular complexity index is 3380. The molecule has 0 spiro atoms. The number of nitrogens with zero attached hydrogens (tertiary/aromatic N) is 6. The number of fused-ring (bicyclic) bond motifs is 2. The van der Waals surface area contributed by atoms with E-state index in [2.05, 4.69) is 30.8 Å². The summed E-state index contributed by atoms with van der Waals surface area (Å²) in [6.45, 7) is 3.06. The van der Waals surface area contributed by atoms with E-state index in [0.29, 0.717) is 81.4 Å². The second kappa shape index (κ2) is 21.7. The zero-order chi connectivity index (χ0) is 53.0. The maximum atomic E-state index is 12.8. The predicted octanol–water partition coefficient (Wildman–Crippen LogP) is 13.4. The molecule has 2 saturated carbocycles. The predicted molar refractivity (Wildman–Crippen MR) is 269 cm³/mol. The number of ether oxygens (including phenoxy) is 3. The van der Waals surface area contributed by atoms with Gasteiger partial charge in [0.2, 0.25) is 11.8 Å². The van der Waals surface area contributed by atoms with Gasteiger partial charge in [-0.05, 0) is 98.9 Å². The quantitative estimate of drug-likeness (QED) is 0.0519. The second-order valence-electron chi connectivity index (χ2n) is 18.7. The Labute approximate surface area is 426 Å². The van der Waals surface area contributed by atoms with E-state index >= 15 is 0 Å². The number of benzene rings is 4. The number of phenols is 1. The van der Waals surface area contributed by atoms with Gasteiger partial charge < -0.3 is 30.0 Å². The van der Waals surface area contributed by atoms with Crippen LogP contribution < -0.4 is 24.8 Å². The first kappa shape index (κ1) is 51.7. The molecule has 4 aromatic heterocycles. The van der Waals surface area contributed by atoms with Crippen molar-refractivity contribution in [3.63, 3.8) is 0 Å². The monoisotopic (exact) mass is 1030 g/mol. The van der Waals surface area contributed by atoms with Crippen LogP contribution in [0.5, 0.6) is 34.8 Å². The van der Waals surface area contributed by atoms with E-state index in [4.69, 9.17) is 14.2 Å². The van der Waals surface area contributed by atoms with Crippen molar-refractivity contribution in [1.29, 1.82) is 0 Å². The van der Waals surface area contributed by atoms with Crippen molar-refractivity contribution >= 4 is 34.2 Å². The smallest absolute Gasteiger partial charge is 0.390 e. The molecule has 4 heterocycles. The number of Topliss-reactive ketones (excluding diaryl/α,β-unsaturated/α-hetero) is 2. The van der Waals surface area contributed by atoms with Gasteiger partial charge in [-0.15, -0.1) is 10.2 Å². The van der Waals surface area contributed by atoms with Gasteiger partial charge in [-0.2, -0.15) is 26.3 Å². The Morgan fingerprint density at radius 2 is 1.04 bits per heavy atom. The fraction of sp³-hybridized carbons (Fsp3) is 0.309. The molecule has 0 amide bonds. The largest absolute Gasteiger partial charge is 0.504 e. The molecule has 4 aromatic carbocycles. The Morgan fingerprint density at radius 1 is 0.613 bits per heavy atom. The van der Waals surface area contributed by atoms with Crippen molar-refractivity contribution < 1.29 is 55.2 Å². The Balaban J connectivity index is 0.000000184. The van der Waals surface area contributed by atoms with Crippen LogP contribution in [-0.2, 0) is 0 Å². The highest BCUT2D eigenvalue weighted by atomic mass is 19.4. The third kappa shape index (κ3) is 13.0. The van der Waals surface area contributed by atoms with Crippen LogP contribution in [0.15, 0.2) is 109 Å². The highest BCUT2D eigenvalue weighted by Crippen LogP contribution is 2.38. The average molecular weight is 1040 g/mol. The van der Waals surface area contributed by atoms with Crippen LogP contribution in [0, 0.1) is 25.7 Å². The summed E-state index contributed by atoms with van der Waals surface area (Å²) >= 11 is 0. The lowest BCUT2D eigenvalue weighted by Crippen LogP contribution is -2.15. The first-order chi connectivity index (χ1) is 35.9. The number of imidazole rings is 2. The number of methoxy groups -OCH3 is 1. The van der Waals surface area contributed by atoms with Gasteiger partial charge in [0, 0.05) is 60.3 Å². The Kier molecular flexibility index (Phi) is 15.0. The number of para-hydroxylation sites is 4. The van der Waals surface area contributed by atoms with E-state index < -0.39 is 25.2 Å². The molecule has 0 atom stereocenters. The highest BCUT2D eigenvalue weighted by Gasteiger charge is 2.30. The van der Waals surface area contributed by atoms with E-state index in [-0.39, 0.29) is 47.9 Å². The number of rotatable bonds is 19. The lowest BCUT2D eigenvalue weighted by molar-refractivity contribution is -0.132. The van der Waals surface area contributed by atoms with Crippen LogP contribution >= 0.6 is 0 Å². The molecule has 3 N–H and O–H groups in total. The first-order valence-electron chi connectivity index (χ1n) is 24.3. The summed E-state index contributed by atoms with van der Waals surface area (Å²) in [6, 6.07) is 27.3. The molecule has 0 radical (unpaired) electrons. The minimum atomic E-state index is -4.32. The number of aromatic nitrogens is 6. The van der Waals surface area contributed by atoms with Crippen LogP contribution in [-0.4, -0.2) is 78.4 Å². The van der Waals surface area contributed by atoms with E-state index in [0.717, 1.165) is 47.9 Å². The number of phenolic OH excluding ortho intramolecular Hbond substituents is 1. The van der Waals surface area contributed by atoms with Gasteiger partial charge in [0.25, 0.3) is 0 Å². The van der Waals surface area contributed by atoms with Gasteiger partial charge >= 0.3 is 12.4 Å². The van der Waals surface area contributed by atoms with Crippen molar-refractivity contribution in [2.24, 2.45) is 11.8 Å². The third-order valence-electron chi connectivity index (χ3n) is 12.7. The number of carbonyl (C=O) groups excluding carboxylic acids is 2. The zero-order valence-corrected chi connectivity index (χ0v) is 41.1. The van der Waals surface area contributed by atoms with Crippen LogP contribution in [0.4, 0.5) is 37.7 Å². The van der Waals surface area contributed by atoms with Crippen LogP contribution in [0.25, 0.3) is 33.8 Å². The summed E-state index contributed by atoms with van der Waals surface area (Å²) in [6.07, 6.45) is -1.96. The molecular formula is C55H52F6N8O6. The van der Waals surface area contributed by atoms with E-state index in [9.17, 15) is 41.0 Å². The van der Waals surface area contributed by atoms with E-state index in [1.54, 1.807) is 60.9 Å². The fourth-order valence-corrected chi connectivity index (χ4v) is 8.46. The summed E-state index contributed by atoms with van der Waals surface area (Å²) in [5.74, 6) is 2.35. The maximum Gasteiger partial charge on any atom is 0.390 e. The molecule has 14 nitrogen and oxygen atoms in total. The number of nitrogens with one attached hydrogen (secondary N) is 2. The van der Waals surface area contributed by atoms with Crippen molar-refractivity contribution in [3.8, 4) is 57.3 Å². The van der Waals surface area contributed by atoms with E-state index in [1.807, 2.05) is 44.2 Å². The van der Waals surface area contributed by atoms with Crippen molar-refractivity contribution in [1.82, 2.24) is 29.2 Å². The molecule has 2 aliphatic carbocycles. The number of hydrogen-bond donors (Lipinski definition) is 3. The number of carbonyl (C=O) groups is 2. The average Bonchev–Trinajstić information content (AvgIpc) is 4.28. The molecule has 75 heavy (non-hydrogen) atoms. The molecule has 2 fully saturated rings. The van der Waals surface area contributed by atoms with Gasteiger partial charge in [0.15, 0.2) is 45.9 Å². The molecule has 10 rings (SSSR count). The van der Waals surface area contributed by atoms with Crippen LogP contribution in [0.2, 0.25) is 0 Å². The molecular weight excluding hydrogens is 983 g/mol. The van der Waals surface area contributed by atoms with E-state index in [1.165, 1.54) is 34.3 Å². The highest BCUT2D eigenvalue weighted by molar-refractivity contribution is 5.99. The number of ketones is 2. The number of anilines is 2. The van der Waals surface area contributed by atoms with Gasteiger partial charge in [0.1, 0.15) is 0 Å². The summed E-state index contributed by atoms with van der Waals surface area (Å²) in [4.78, 5) is 34.1. The topological polar surface area (TPSA) is 166 Å². The molecule has 0 bridgehead atoms. The van der Waals surface area contributed by atoms with Crippen molar-refractivity contribution in [3.05, 3.63) is 132 Å². The first-order valence-corrected chi connectivity index (χ1v) is 24.3. The number of halogens is 6. The molecule has 8 aromatic rings. The lowest BCUT2D eigenvalue weighted by Gasteiger charge is -2.14. The number of hydrogen-bond acceptors (Lipinski definition) is 12. The van der Waals surface area contributed by atoms with Gasteiger partial charge in [0.05, 0.1) is 55.1 Å². The van der Waals surface area contributed by atoms with Crippen molar-refractivity contribution in [2.45, 2.75) is 77.6 Å². The Hall–Kier alpha value is -8.16. The SMILES string of the molecule is COc1ccccc1Oc1cc(NCCC(F)(F)F)c2ncc(-c3ccc(C(=O)CC4CC4)c(C)c3)n2n1.Cc1cc(-c2cnc3c(NCCC(F)(F)F)cc(Oc4ccccc4O)nn23)ccc1C(=O)CC1CC1. The molecule has 0 unspecified atom stereocenters. The number of aryl methyl sites for hydroxylation is 2. The van der Waals surface area contributed by atoms with Gasteiger partial charge in [-0.25, -0.2) is 19.0 Å². The molecule has 0 aliphatic heterocycles. The summed E-state index contributed by atoms with van der Waals surface area (Å²) in [5.41, 5.74) is 7.01. The second-order valence-corrected chi connectivity index (χ2v) is 18.7. The van der Waals surface area contributed by atoms with Gasteiger partial charge in [-0.1, -0.05) is 48.5 Å². The van der Waals surface area contributed by atoms with Crippen LogP contribution in [0.1, 0.15) is 83.2 Å².